The predicted molar refractivity (Wildman–Crippen MR) is 44.9 cm³/mol. The summed E-state index contributed by atoms with van der Waals surface area (Å²) >= 11 is 2.29. The Morgan fingerprint density at radius 3 is 1.50 bits per heavy atom. The normalized spacial score (nSPS) is 7.56. The number of amides is 1. The van der Waals surface area contributed by atoms with Crippen molar-refractivity contribution in [2.75, 3.05) is 0 Å². The third-order valence-electron chi connectivity index (χ3n) is 1.08. The van der Waals surface area contributed by atoms with Gasteiger partial charge >= 0.3 is 102 Å². The summed E-state index contributed by atoms with van der Waals surface area (Å²) in [7, 11) is 0. The van der Waals surface area contributed by atoms with Gasteiger partial charge in [-0.05, 0) is 0 Å². The summed E-state index contributed by atoms with van der Waals surface area (Å²) in [5, 5.41) is 7.36. The molecule has 0 aromatic rings. The summed E-state index contributed by atoms with van der Waals surface area (Å²) in [5.41, 5.74) is -0.117. The zero-order chi connectivity index (χ0) is 11.1. The Kier molecular flexibility index (Phi) is 34.3. The quantitative estimate of drug-likeness (QED) is 0.322. The molecule has 1 amide bonds. The smallest absolute Gasteiger partial charge is 0 e. The van der Waals surface area contributed by atoms with Crippen molar-refractivity contribution < 1.29 is 112 Å². The third-order valence-corrected chi connectivity index (χ3v) is 1.73. The number of carbonyl (C=O) groups excluding carboxylic acids is 1. The van der Waals surface area contributed by atoms with Crippen LogP contribution in [0.3, 0.4) is 0 Å². The van der Waals surface area contributed by atoms with Crippen molar-refractivity contribution in [3.63, 3.8) is 0 Å². The molecule has 8 heteroatoms. The molecule has 0 aromatic carbocycles. The van der Waals surface area contributed by atoms with E-state index < -0.39 is 0 Å². The third kappa shape index (κ3) is 19.0. The molecule has 0 aromatic heterocycles. The minimum absolute atomic E-state index is 0. The fourth-order valence-corrected chi connectivity index (χ4v) is 1.79. The van der Waals surface area contributed by atoms with Gasteiger partial charge in [-0.3, -0.25) is 0 Å². The summed E-state index contributed by atoms with van der Waals surface area (Å²) < 4.78 is 2.89. The summed E-state index contributed by atoms with van der Waals surface area (Å²) in [6.45, 7) is 7.91. The van der Waals surface area contributed by atoms with Gasteiger partial charge in [0.15, 0.2) is 0 Å². The topological polar surface area (TPSA) is 40.5 Å². The first kappa shape index (κ1) is 31.2. The first-order valence-corrected chi connectivity index (χ1v) is 6.44. The van der Waals surface area contributed by atoms with Crippen LogP contribution in [0.25, 0.3) is 0 Å². The van der Waals surface area contributed by atoms with Crippen molar-refractivity contribution in [1.82, 2.24) is 4.90 Å². The van der Waals surface area contributed by atoms with E-state index in [4.69, 9.17) is 5.11 Å². The summed E-state index contributed by atoms with van der Waals surface area (Å²) in [6.07, 6.45) is 1.91. The average molecular weight is 1070 g/mol. The standard InChI is InChI=1S/C7H12NO.CHO.5W/c1-5-8(6-9)7(2,3)4;1-2;;;;;/h1-4H3;2H;;;;;/q2*-1;;;;;. The van der Waals surface area contributed by atoms with E-state index in [0.717, 1.165) is 23.4 Å². The van der Waals surface area contributed by atoms with Crippen molar-refractivity contribution in [2.45, 2.75) is 33.2 Å². The minimum Gasteiger partial charge on any atom is 0 e. The van der Waals surface area contributed by atoms with E-state index in [1.54, 1.807) is 4.90 Å². The van der Waals surface area contributed by atoms with Crippen LogP contribution in [0.1, 0.15) is 27.7 Å². The van der Waals surface area contributed by atoms with Gasteiger partial charge in [0, 0.05) is 63.2 Å². The number of hydrogen-bond donors (Lipinski definition) is 1. The van der Waals surface area contributed by atoms with Crippen LogP contribution in [0.15, 0.2) is 0 Å². The Morgan fingerprint density at radius 2 is 1.50 bits per heavy atom. The number of aliphatic hydroxyl groups excluding tert-OH is 1. The molecule has 0 aliphatic carbocycles. The van der Waals surface area contributed by atoms with Crippen LogP contribution in [-0.2, 0) is 107 Å². The van der Waals surface area contributed by atoms with Gasteiger partial charge in [0.05, 0.1) is 0 Å². The largest absolute Gasteiger partial charge is 0 e. The van der Waals surface area contributed by atoms with Crippen molar-refractivity contribution >= 4 is 15.0 Å². The van der Waals surface area contributed by atoms with Crippen molar-refractivity contribution in [3.8, 4) is 0 Å². The zero-order valence-electron chi connectivity index (χ0n) is 9.34. The van der Waals surface area contributed by atoms with E-state index in [1.165, 1.54) is 19.4 Å². The molecular formula is C8H13NO2W5-2. The molecule has 0 saturated carbocycles. The van der Waals surface area contributed by atoms with Gasteiger partial charge in [0.1, 0.15) is 0 Å². The van der Waals surface area contributed by atoms with Crippen molar-refractivity contribution in [1.29, 1.82) is 0 Å². The van der Waals surface area contributed by atoms with Gasteiger partial charge in [-0.2, -0.15) is 0 Å². The SMILES string of the molecule is C[C](=[W])N([C-]=O)C(C)(C)C.O[C-]=[W].[W].[W].[W]. The van der Waals surface area contributed by atoms with Crippen LogP contribution in [0.2, 0.25) is 0 Å². The molecule has 94 valence electrons. The second kappa shape index (κ2) is 17.6. The van der Waals surface area contributed by atoms with E-state index in [-0.39, 0.29) is 68.7 Å². The van der Waals surface area contributed by atoms with Gasteiger partial charge in [-0.1, -0.05) is 0 Å². The first-order valence-electron chi connectivity index (χ1n) is 3.51. The van der Waals surface area contributed by atoms with Crippen molar-refractivity contribution in [2.24, 2.45) is 0 Å². The van der Waals surface area contributed by atoms with Gasteiger partial charge in [0.2, 0.25) is 0 Å². The van der Waals surface area contributed by atoms with Crippen LogP contribution in [0.5, 0.6) is 0 Å². The maximum atomic E-state index is 10.4. The minimum atomic E-state index is -0.117. The van der Waals surface area contributed by atoms with E-state index in [9.17, 15) is 4.79 Å². The number of aliphatic hydroxyl groups is 1. The molecule has 0 saturated heterocycles. The second-order valence-electron chi connectivity index (χ2n) is 3.21. The molecule has 3 nitrogen and oxygen atoms in total. The Bertz CT molecular complexity index is 193. The molecule has 0 aliphatic rings. The van der Waals surface area contributed by atoms with Crippen LogP contribution in [-0.4, -0.2) is 30.6 Å². The molecule has 16 heavy (non-hydrogen) atoms. The Morgan fingerprint density at radius 1 is 1.25 bits per heavy atom. The van der Waals surface area contributed by atoms with Crippen molar-refractivity contribution in [3.05, 3.63) is 0 Å². The van der Waals surface area contributed by atoms with E-state index in [1.807, 2.05) is 38.7 Å². The maximum absolute atomic E-state index is 10.4. The molecule has 0 aliphatic heterocycles. The fraction of sp³-hybridized carbons (Fsp3) is 0.625. The molecule has 0 heterocycles. The van der Waals surface area contributed by atoms with Crippen LogP contribution in [0, 0.1) is 0 Å². The Labute approximate surface area is 162 Å². The molecule has 0 rings (SSSR count). The number of nitrogens with zero attached hydrogens (tertiary/aromatic N) is 1. The molecular weight excluding hydrogens is 1060 g/mol. The van der Waals surface area contributed by atoms with Crippen LogP contribution in [0.4, 0.5) is 0 Å². The Hall–Kier alpha value is 2.61. The van der Waals surface area contributed by atoms with Gasteiger partial charge in [-0.15, -0.1) is 0 Å². The molecule has 0 radical (unpaired) electrons. The Balaban J connectivity index is -0.0000000606. The maximum Gasteiger partial charge on any atom is 0 e. The van der Waals surface area contributed by atoms with E-state index >= 15 is 0 Å². The first-order chi connectivity index (χ1) is 5.81. The summed E-state index contributed by atoms with van der Waals surface area (Å²) in [6, 6.07) is 0. The molecule has 0 fully saturated rings. The molecule has 0 unspecified atom stereocenters. The predicted octanol–water partition coefficient (Wildman–Crippen LogP) is 0.386. The van der Waals surface area contributed by atoms with E-state index in [0.29, 0.717) is 0 Å². The van der Waals surface area contributed by atoms with Crippen LogP contribution >= 0.6 is 0 Å². The fourth-order valence-electron chi connectivity index (χ4n) is 0.674. The van der Waals surface area contributed by atoms with Gasteiger partial charge in [-0.25, -0.2) is 0 Å². The molecule has 1 N–H and O–H groups in total. The van der Waals surface area contributed by atoms with Gasteiger partial charge < -0.3 is 0 Å². The van der Waals surface area contributed by atoms with Gasteiger partial charge in [0.25, 0.3) is 0 Å². The summed E-state index contributed by atoms with van der Waals surface area (Å²) in [5.74, 6) is 0. The van der Waals surface area contributed by atoms with Crippen LogP contribution < -0.4 is 0 Å². The van der Waals surface area contributed by atoms with E-state index in [2.05, 4.69) is 0 Å². The molecule has 0 spiro atoms. The number of hydrogen-bond acceptors (Lipinski definition) is 2. The second-order valence-corrected chi connectivity index (χ2v) is 5.99. The monoisotopic (exact) mass is 1070 g/mol. The zero-order valence-corrected chi connectivity index (χ0v) is 24.0. The molecule has 0 bridgehead atoms. The summed E-state index contributed by atoms with van der Waals surface area (Å²) in [4.78, 5) is 12.0. The number of rotatable bonds is 2. The average Bonchev–Trinajstić information content (AvgIpc) is 1.85. The molecule has 0 atom stereocenters.